The molecule has 0 spiro atoms. The lowest BCUT2D eigenvalue weighted by molar-refractivity contribution is -0.167. The van der Waals surface area contributed by atoms with E-state index in [2.05, 4.69) is 13.8 Å². The number of hydrogen-bond acceptors (Lipinski definition) is 4. The minimum absolute atomic E-state index is 0.233. The van der Waals surface area contributed by atoms with Crippen molar-refractivity contribution in [2.24, 2.45) is 0 Å². The van der Waals surface area contributed by atoms with Crippen molar-refractivity contribution >= 4 is 11.9 Å². The van der Waals surface area contributed by atoms with Gasteiger partial charge in [-0.15, -0.1) is 0 Å². The average molecular weight is 328 g/mol. The summed E-state index contributed by atoms with van der Waals surface area (Å²) in [5, 5.41) is 0. The smallest absolute Gasteiger partial charge is 0.308 e. The zero-order valence-electron chi connectivity index (χ0n) is 15.2. The first-order valence-corrected chi connectivity index (χ1v) is 9.52. The summed E-state index contributed by atoms with van der Waals surface area (Å²) in [5.41, 5.74) is 0. The largest absolute Gasteiger partial charge is 0.428 e. The van der Waals surface area contributed by atoms with E-state index >= 15 is 0 Å². The van der Waals surface area contributed by atoms with Crippen LogP contribution in [-0.4, -0.2) is 18.7 Å². The molecule has 23 heavy (non-hydrogen) atoms. The van der Waals surface area contributed by atoms with E-state index in [0.29, 0.717) is 12.8 Å². The van der Waals surface area contributed by atoms with Crippen molar-refractivity contribution in [3.05, 3.63) is 0 Å². The number of carbonyl (C=O) groups excluding carboxylic acids is 2. The van der Waals surface area contributed by atoms with Crippen LogP contribution in [0.4, 0.5) is 0 Å². The maximum absolute atomic E-state index is 11.5. The molecule has 0 amide bonds. The maximum Gasteiger partial charge on any atom is 0.308 e. The third-order valence-corrected chi connectivity index (χ3v) is 3.91. The minimum atomic E-state index is -0.273. The van der Waals surface area contributed by atoms with E-state index in [9.17, 15) is 9.59 Å². The van der Waals surface area contributed by atoms with Crippen molar-refractivity contribution in [3.63, 3.8) is 0 Å². The van der Waals surface area contributed by atoms with Gasteiger partial charge in [0, 0.05) is 12.8 Å². The second-order valence-electron chi connectivity index (χ2n) is 6.19. The van der Waals surface area contributed by atoms with Crippen LogP contribution in [0.5, 0.6) is 0 Å². The van der Waals surface area contributed by atoms with Gasteiger partial charge in [0.15, 0.2) is 0 Å². The molecule has 0 fully saturated rings. The molecule has 0 saturated carbocycles. The normalized spacial score (nSPS) is 10.5. The molecule has 4 heteroatoms. The van der Waals surface area contributed by atoms with Gasteiger partial charge >= 0.3 is 11.9 Å². The zero-order chi connectivity index (χ0) is 17.2. The van der Waals surface area contributed by atoms with Crippen LogP contribution in [0.15, 0.2) is 0 Å². The molecular formula is C19H36O4. The Hall–Kier alpha value is -1.06. The Balaban J connectivity index is 3.33. The van der Waals surface area contributed by atoms with E-state index in [1.54, 1.807) is 0 Å². The second-order valence-corrected chi connectivity index (χ2v) is 6.19. The third kappa shape index (κ3) is 17.1. The molecule has 0 radical (unpaired) electrons. The first-order valence-electron chi connectivity index (χ1n) is 9.52. The number of rotatable bonds is 16. The molecule has 0 rings (SSSR count). The number of esters is 2. The van der Waals surface area contributed by atoms with Gasteiger partial charge in [-0.3, -0.25) is 9.59 Å². The fourth-order valence-electron chi connectivity index (χ4n) is 2.40. The highest BCUT2D eigenvalue weighted by Gasteiger charge is 2.06. The van der Waals surface area contributed by atoms with E-state index in [1.807, 2.05) is 0 Å². The van der Waals surface area contributed by atoms with Gasteiger partial charge < -0.3 is 9.47 Å². The Labute approximate surface area is 142 Å². The summed E-state index contributed by atoms with van der Waals surface area (Å²) in [4.78, 5) is 22.9. The molecule has 4 nitrogen and oxygen atoms in total. The summed E-state index contributed by atoms with van der Waals surface area (Å²) in [6, 6.07) is 0. The molecule has 136 valence electrons. The van der Waals surface area contributed by atoms with Gasteiger partial charge in [0.05, 0.1) is 0 Å². The summed E-state index contributed by atoms with van der Waals surface area (Å²) < 4.78 is 9.83. The Morgan fingerprint density at radius 3 is 1.30 bits per heavy atom. The molecule has 0 aliphatic carbocycles. The van der Waals surface area contributed by atoms with E-state index < -0.39 is 0 Å². The molecule has 0 saturated heterocycles. The Morgan fingerprint density at radius 1 is 0.565 bits per heavy atom. The van der Waals surface area contributed by atoms with Crippen molar-refractivity contribution in [2.75, 3.05) is 6.79 Å². The van der Waals surface area contributed by atoms with Crippen LogP contribution in [0, 0.1) is 0 Å². The van der Waals surface area contributed by atoms with Crippen molar-refractivity contribution in [3.8, 4) is 0 Å². The van der Waals surface area contributed by atoms with Crippen molar-refractivity contribution in [1.82, 2.24) is 0 Å². The SMILES string of the molecule is CCCCCCCCCC(=O)OCOC(=O)CCCCCCC. The molecule has 0 aromatic carbocycles. The summed E-state index contributed by atoms with van der Waals surface area (Å²) in [5.74, 6) is -0.542. The van der Waals surface area contributed by atoms with Gasteiger partial charge in [0.25, 0.3) is 0 Å². The van der Waals surface area contributed by atoms with Crippen LogP contribution in [0.2, 0.25) is 0 Å². The fraction of sp³-hybridized carbons (Fsp3) is 0.895. The van der Waals surface area contributed by atoms with Crippen molar-refractivity contribution in [2.45, 2.75) is 104 Å². The molecule has 0 aromatic rings. The standard InChI is InChI=1S/C19H36O4/c1-3-5-7-9-10-12-14-16-19(21)23-17-22-18(20)15-13-11-8-6-4-2/h3-17H2,1-2H3. The Morgan fingerprint density at radius 2 is 0.913 bits per heavy atom. The van der Waals surface area contributed by atoms with E-state index in [1.165, 1.54) is 44.9 Å². The fourth-order valence-corrected chi connectivity index (χ4v) is 2.40. The highest BCUT2D eigenvalue weighted by atomic mass is 16.7. The monoisotopic (exact) mass is 328 g/mol. The van der Waals surface area contributed by atoms with Gasteiger partial charge in [0.1, 0.15) is 0 Å². The second kappa shape index (κ2) is 17.3. The molecule has 0 atom stereocenters. The van der Waals surface area contributed by atoms with Crippen LogP contribution in [0.1, 0.15) is 104 Å². The predicted octanol–water partition coefficient (Wildman–Crippen LogP) is 5.53. The van der Waals surface area contributed by atoms with E-state index in [-0.39, 0.29) is 18.7 Å². The zero-order valence-corrected chi connectivity index (χ0v) is 15.2. The summed E-state index contributed by atoms with van der Waals surface area (Å²) in [7, 11) is 0. The van der Waals surface area contributed by atoms with Crippen molar-refractivity contribution in [1.29, 1.82) is 0 Å². The summed E-state index contributed by atoms with van der Waals surface area (Å²) in [6.45, 7) is 4.13. The van der Waals surface area contributed by atoms with Gasteiger partial charge in [-0.25, -0.2) is 0 Å². The lowest BCUT2D eigenvalue weighted by Crippen LogP contribution is -2.12. The number of hydrogen-bond donors (Lipinski definition) is 0. The molecular weight excluding hydrogens is 292 g/mol. The lowest BCUT2D eigenvalue weighted by atomic mass is 10.1. The van der Waals surface area contributed by atoms with Crippen LogP contribution in [0.25, 0.3) is 0 Å². The maximum atomic E-state index is 11.5. The van der Waals surface area contributed by atoms with Crippen molar-refractivity contribution < 1.29 is 19.1 Å². The first kappa shape index (κ1) is 21.9. The van der Waals surface area contributed by atoms with Gasteiger partial charge in [-0.05, 0) is 12.8 Å². The third-order valence-electron chi connectivity index (χ3n) is 3.91. The summed E-state index contributed by atoms with van der Waals surface area (Å²) >= 11 is 0. The average Bonchev–Trinajstić information content (AvgIpc) is 2.54. The van der Waals surface area contributed by atoms with Gasteiger partial charge in [-0.2, -0.15) is 0 Å². The van der Waals surface area contributed by atoms with Crippen LogP contribution >= 0.6 is 0 Å². The minimum Gasteiger partial charge on any atom is -0.428 e. The Bertz CT molecular complexity index is 289. The summed E-state index contributed by atoms with van der Waals surface area (Å²) in [6.07, 6.45) is 14.5. The molecule has 0 heterocycles. The Kier molecular flexibility index (Phi) is 16.5. The van der Waals surface area contributed by atoms with E-state index in [4.69, 9.17) is 9.47 Å². The predicted molar refractivity (Wildman–Crippen MR) is 93.0 cm³/mol. The number of carbonyl (C=O) groups is 2. The molecule has 0 aromatic heterocycles. The molecule has 0 N–H and O–H groups in total. The quantitative estimate of drug-likeness (QED) is 0.212. The van der Waals surface area contributed by atoms with Crippen LogP contribution in [-0.2, 0) is 19.1 Å². The number of unbranched alkanes of at least 4 members (excludes halogenated alkanes) is 10. The van der Waals surface area contributed by atoms with Gasteiger partial charge in [0.2, 0.25) is 6.79 Å². The molecule has 0 aliphatic rings. The lowest BCUT2D eigenvalue weighted by Gasteiger charge is -2.06. The van der Waals surface area contributed by atoms with Gasteiger partial charge in [-0.1, -0.05) is 78.1 Å². The topological polar surface area (TPSA) is 52.6 Å². The highest BCUT2D eigenvalue weighted by molar-refractivity contribution is 5.70. The molecule has 0 unspecified atom stereocenters. The highest BCUT2D eigenvalue weighted by Crippen LogP contribution is 2.09. The number of ether oxygens (including phenoxy) is 2. The van der Waals surface area contributed by atoms with Crippen LogP contribution in [0.3, 0.4) is 0 Å². The molecule has 0 bridgehead atoms. The molecule has 0 aliphatic heterocycles. The van der Waals surface area contributed by atoms with Crippen LogP contribution < -0.4 is 0 Å². The first-order chi connectivity index (χ1) is 11.2. The van der Waals surface area contributed by atoms with E-state index in [0.717, 1.165) is 32.1 Å².